The molecule has 0 aromatic heterocycles. The van der Waals surface area contributed by atoms with Crippen molar-refractivity contribution in [3.63, 3.8) is 0 Å². The van der Waals surface area contributed by atoms with Crippen LogP contribution in [0.1, 0.15) is 47.0 Å². The topological polar surface area (TPSA) is 83.6 Å². The van der Waals surface area contributed by atoms with Crippen molar-refractivity contribution >= 4 is 11.9 Å². The lowest BCUT2D eigenvalue weighted by atomic mass is 9.87. The molecular weight excluding hydrogens is 232 g/mol. The molecule has 5 nitrogen and oxygen atoms in total. The second-order valence-corrected chi connectivity index (χ2v) is 5.94. The number of rotatable bonds is 7. The molecule has 0 aliphatic rings. The minimum absolute atomic E-state index is 0.0715. The third-order valence-corrected chi connectivity index (χ3v) is 2.48. The second kappa shape index (κ2) is 7.36. The van der Waals surface area contributed by atoms with E-state index in [2.05, 4.69) is 20.8 Å². The van der Waals surface area contributed by atoms with Gasteiger partial charge in [0, 0.05) is 19.0 Å². The fraction of sp³-hybridized carbons (Fsp3) is 0.846. The van der Waals surface area contributed by atoms with Crippen LogP contribution < -0.4 is 5.73 Å². The average molecular weight is 258 g/mol. The van der Waals surface area contributed by atoms with Gasteiger partial charge < -0.3 is 15.7 Å². The molecule has 0 aliphatic carbocycles. The number of hydrogen-bond donors (Lipinski definition) is 2. The maximum Gasteiger partial charge on any atom is 0.323 e. The standard InChI is InChI=1S/C13H26N2O3/c1-5-6-15(9-12(17)18)11(16)7-10(14)8-13(2,3)4/h10H,5-9,14H2,1-4H3,(H,17,18). The highest BCUT2D eigenvalue weighted by Gasteiger charge is 2.22. The maximum absolute atomic E-state index is 11.9. The summed E-state index contributed by atoms with van der Waals surface area (Å²) in [5, 5.41) is 8.75. The molecular formula is C13H26N2O3. The van der Waals surface area contributed by atoms with Crippen LogP contribution in [0.3, 0.4) is 0 Å². The molecule has 1 unspecified atom stereocenters. The summed E-state index contributed by atoms with van der Waals surface area (Å²) in [5.41, 5.74) is 6.00. The first-order valence-electron chi connectivity index (χ1n) is 6.41. The van der Waals surface area contributed by atoms with E-state index in [1.165, 1.54) is 4.90 Å². The molecule has 0 aromatic carbocycles. The highest BCUT2D eigenvalue weighted by molar-refractivity contribution is 5.81. The third-order valence-electron chi connectivity index (χ3n) is 2.48. The minimum Gasteiger partial charge on any atom is -0.480 e. The van der Waals surface area contributed by atoms with E-state index in [0.29, 0.717) is 6.54 Å². The monoisotopic (exact) mass is 258 g/mol. The quantitative estimate of drug-likeness (QED) is 0.724. The molecule has 0 fully saturated rings. The predicted octanol–water partition coefficient (Wildman–Crippen LogP) is 1.46. The molecule has 0 rings (SSSR count). The molecule has 0 aromatic rings. The Hall–Kier alpha value is -1.10. The zero-order chi connectivity index (χ0) is 14.3. The summed E-state index contributed by atoms with van der Waals surface area (Å²) in [6.45, 7) is 8.34. The molecule has 106 valence electrons. The van der Waals surface area contributed by atoms with Gasteiger partial charge in [-0.15, -0.1) is 0 Å². The Morgan fingerprint density at radius 2 is 1.89 bits per heavy atom. The Bertz CT molecular complexity index is 284. The number of carboxylic acids is 1. The van der Waals surface area contributed by atoms with Crippen LogP contribution in [0.15, 0.2) is 0 Å². The van der Waals surface area contributed by atoms with Crippen LogP contribution in [0.2, 0.25) is 0 Å². The number of hydrogen-bond acceptors (Lipinski definition) is 3. The van der Waals surface area contributed by atoms with Crippen LogP contribution in [0, 0.1) is 5.41 Å². The molecule has 1 amide bonds. The van der Waals surface area contributed by atoms with Gasteiger partial charge >= 0.3 is 5.97 Å². The van der Waals surface area contributed by atoms with E-state index in [4.69, 9.17) is 10.8 Å². The van der Waals surface area contributed by atoms with Crippen molar-refractivity contribution < 1.29 is 14.7 Å². The van der Waals surface area contributed by atoms with Crippen molar-refractivity contribution in [2.75, 3.05) is 13.1 Å². The van der Waals surface area contributed by atoms with Crippen LogP contribution in [-0.2, 0) is 9.59 Å². The van der Waals surface area contributed by atoms with Crippen LogP contribution in [0.25, 0.3) is 0 Å². The highest BCUT2D eigenvalue weighted by Crippen LogP contribution is 2.21. The fourth-order valence-corrected chi connectivity index (χ4v) is 1.94. The summed E-state index contributed by atoms with van der Waals surface area (Å²) >= 11 is 0. The number of aliphatic carboxylic acids is 1. The van der Waals surface area contributed by atoms with Gasteiger partial charge in [-0.3, -0.25) is 9.59 Å². The highest BCUT2D eigenvalue weighted by atomic mass is 16.4. The van der Waals surface area contributed by atoms with Crippen LogP contribution in [-0.4, -0.2) is 41.0 Å². The van der Waals surface area contributed by atoms with Gasteiger partial charge in [0.25, 0.3) is 0 Å². The van der Waals surface area contributed by atoms with Gasteiger partial charge in [0.2, 0.25) is 5.91 Å². The number of carbonyl (C=O) groups excluding carboxylic acids is 1. The van der Waals surface area contributed by atoms with E-state index in [-0.39, 0.29) is 30.3 Å². The first kappa shape index (κ1) is 16.9. The molecule has 18 heavy (non-hydrogen) atoms. The van der Waals surface area contributed by atoms with Gasteiger partial charge in [0.05, 0.1) is 0 Å². The first-order chi connectivity index (χ1) is 8.15. The number of nitrogens with zero attached hydrogens (tertiary/aromatic N) is 1. The molecule has 0 spiro atoms. The zero-order valence-electron chi connectivity index (χ0n) is 11.9. The molecule has 0 bridgehead atoms. The van der Waals surface area contributed by atoms with Crippen molar-refractivity contribution in [3.8, 4) is 0 Å². The van der Waals surface area contributed by atoms with Crippen molar-refractivity contribution in [1.82, 2.24) is 4.90 Å². The van der Waals surface area contributed by atoms with Crippen LogP contribution in [0.4, 0.5) is 0 Å². The fourth-order valence-electron chi connectivity index (χ4n) is 1.94. The molecule has 0 heterocycles. The Labute approximate surface area is 109 Å². The summed E-state index contributed by atoms with van der Waals surface area (Å²) < 4.78 is 0. The predicted molar refractivity (Wildman–Crippen MR) is 71.2 cm³/mol. The Morgan fingerprint density at radius 1 is 1.33 bits per heavy atom. The van der Waals surface area contributed by atoms with E-state index in [1.54, 1.807) is 0 Å². The molecule has 5 heteroatoms. The Kier molecular flexibility index (Phi) is 6.91. The van der Waals surface area contributed by atoms with E-state index in [9.17, 15) is 9.59 Å². The zero-order valence-corrected chi connectivity index (χ0v) is 11.9. The number of carbonyl (C=O) groups is 2. The van der Waals surface area contributed by atoms with Crippen LogP contribution >= 0.6 is 0 Å². The number of amides is 1. The smallest absolute Gasteiger partial charge is 0.323 e. The first-order valence-corrected chi connectivity index (χ1v) is 6.41. The summed E-state index contributed by atoms with van der Waals surface area (Å²) in [6, 6.07) is -0.217. The maximum atomic E-state index is 11.9. The van der Waals surface area contributed by atoms with Gasteiger partial charge in [-0.2, -0.15) is 0 Å². The van der Waals surface area contributed by atoms with E-state index >= 15 is 0 Å². The second-order valence-electron chi connectivity index (χ2n) is 5.94. The lowest BCUT2D eigenvalue weighted by molar-refractivity contribution is -0.144. The van der Waals surface area contributed by atoms with E-state index < -0.39 is 5.97 Å². The molecule has 0 aliphatic heterocycles. The van der Waals surface area contributed by atoms with Crippen molar-refractivity contribution in [1.29, 1.82) is 0 Å². The molecule has 0 saturated heterocycles. The minimum atomic E-state index is -0.985. The van der Waals surface area contributed by atoms with Gasteiger partial charge in [-0.1, -0.05) is 27.7 Å². The van der Waals surface area contributed by atoms with E-state index in [0.717, 1.165) is 12.8 Å². The lowest BCUT2D eigenvalue weighted by Gasteiger charge is -2.25. The van der Waals surface area contributed by atoms with Gasteiger partial charge in [0.1, 0.15) is 6.54 Å². The number of nitrogens with two attached hydrogens (primary N) is 1. The largest absolute Gasteiger partial charge is 0.480 e. The normalized spacial score (nSPS) is 13.2. The van der Waals surface area contributed by atoms with Crippen molar-refractivity contribution in [2.24, 2.45) is 11.1 Å². The van der Waals surface area contributed by atoms with Gasteiger partial charge in [-0.05, 0) is 18.3 Å². The Morgan fingerprint density at radius 3 is 2.28 bits per heavy atom. The van der Waals surface area contributed by atoms with Crippen molar-refractivity contribution in [3.05, 3.63) is 0 Å². The molecule has 3 N–H and O–H groups in total. The van der Waals surface area contributed by atoms with Crippen molar-refractivity contribution in [2.45, 2.75) is 53.0 Å². The summed E-state index contributed by atoms with van der Waals surface area (Å²) in [7, 11) is 0. The molecule has 0 radical (unpaired) electrons. The van der Waals surface area contributed by atoms with Gasteiger partial charge in [-0.25, -0.2) is 0 Å². The lowest BCUT2D eigenvalue weighted by Crippen LogP contribution is -2.40. The van der Waals surface area contributed by atoms with Crippen LogP contribution in [0.5, 0.6) is 0 Å². The Balaban J connectivity index is 4.36. The molecule has 1 atom stereocenters. The summed E-state index contributed by atoms with van der Waals surface area (Å²) in [5.74, 6) is -1.16. The molecule has 0 saturated carbocycles. The van der Waals surface area contributed by atoms with E-state index in [1.807, 2.05) is 6.92 Å². The average Bonchev–Trinajstić information content (AvgIpc) is 2.12. The number of carboxylic acid groups (broad SMARTS) is 1. The SMILES string of the molecule is CCCN(CC(=O)O)C(=O)CC(N)CC(C)(C)C. The summed E-state index contributed by atoms with van der Waals surface area (Å²) in [6.07, 6.45) is 1.70. The van der Waals surface area contributed by atoms with Gasteiger partial charge in [0.15, 0.2) is 0 Å². The summed E-state index contributed by atoms with van der Waals surface area (Å²) in [4.78, 5) is 24.0. The third kappa shape index (κ3) is 8.06.